The van der Waals surface area contributed by atoms with Crippen LogP contribution in [0.4, 0.5) is 8.78 Å². The average Bonchev–Trinajstić information content (AvgIpc) is 4.12. The van der Waals surface area contributed by atoms with Gasteiger partial charge in [0.15, 0.2) is 5.78 Å². The van der Waals surface area contributed by atoms with Crippen molar-refractivity contribution in [3.05, 3.63) is 23.9 Å². The van der Waals surface area contributed by atoms with Crippen LogP contribution >= 0.6 is 0 Å². The summed E-state index contributed by atoms with van der Waals surface area (Å²) in [5.41, 5.74) is -0.639. The predicted octanol–water partition coefficient (Wildman–Crippen LogP) is 6.34. The highest BCUT2D eigenvalue weighted by atomic mass is 32.2. The minimum Gasteiger partial charge on any atom is -0.497 e. The number of rotatable bonds is 10. The van der Waals surface area contributed by atoms with E-state index >= 15 is 0 Å². The van der Waals surface area contributed by atoms with E-state index in [4.69, 9.17) is 24.2 Å². The number of ketones is 1. The summed E-state index contributed by atoms with van der Waals surface area (Å²) in [7, 11) is -2.59. The Balaban J connectivity index is 1.27. The molecule has 2 aliphatic heterocycles. The number of sulfonamides is 1. The zero-order chi connectivity index (χ0) is 42.7. The van der Waals surface area contributed by atoms with Crippen LogP contribution in [-0.4, -0.2) is 89.9 Å². The fourth-order valence-corrected chi connectivity index (χ4v) is 10.6. The van der Waals surface area contributed by atoms with Gasteiger partial charge in [0.25, 0.3) is 0 Å². The van der Waals surface area contributed by atoms with Crippen LogP contribution in [0, 0.1) is 34.5 Å². The van der Waals surface area contributed by atoms with Crippen LogP contribution in [0.3, 0.4) is 0 Å². The Labute approximate surface area is 345 Å². The maximum atomic E-state index is 15.0. The number of esters is 1. The van der Waals surface area contributed by atoms with Crippen molar-refractivity contribution in [2.45, 2.75) is 148 Å². The van der Waals surface area contributed by atoms with Gasteiger partial charge in [0.05, 0.1) is 53.2 Å². The lowest BCUT2D eigenvalue weighted by Crippen LogP contribution is -2.50. The Kier molecular flexibility index (Phi) is 11.8. The Morgan fingerprint density at radius 3 is 2.47 bits per heavy atom. The van der Waals surface area contributed by atoms with Crippen LogP contribution in [0.1, 0.15) is 117 Å². The minimum atomic E-state index is -4.14. The number of hydrogen-bond acceptors (Lipinski definition) is 11. The summed E-state index contributed by atoms with van der Waals surface area (Å²) in [6, 6.07) is 4.21. The van der Waals surface area contributed by atoms with Gasteiger partial charge >= 0.3 is 5.97 Å². The molecule has 1 aromatic carbocycles. The van der Waals surface area contributed by atoms with E-state index in [1.54, 1.807) is 19.2 Å². The Bertz CT molecular complexity index is 2090. The van der Waals surface area contributed by atoms with Gasteiger partial charge in [0, 0.05) is 24.8 Å². The van der Waals surface area contributed by atoms with Crippen LogP contribution in [0.25, 0.3) is 11.0 Å². The monoisotopic (exact) mass is 844 g/mol. The van der Waals surface area contributed by atoms with Crippen molar-refractivity contribution in [1.29, 1.82) is 0 Å². The molecule has 16 heteroatoms. The van der Waals surface area contributed by atoms with E-state index in [1.807, 2.05) is 33.8 Å². The number of carbonyl (C=O) groups excluding carboxylic acids is 4. The molecule has 2 amide bonds. The molecule has 5 aliphatic rings. The molecule has 4 fully saturated rings. The number of hydrogen-bond donors (Lipinski definition) is 1. The number of benzene rings is 1. The third-order valence-electron chi connectivity index (χ3n) is 13.7. The second-order valence-corrected chi connectivity index (χ2v) is 21.1. The van der Waals surface area contributed by atoms with E-state index in [0.29, 0.717) is 48.2 Å². The van der Waals surface area contributed by atoms with Crippen molar-refractivity contribution in [2.75, 3.05) is 13.7 Å². The molecule has 1 N–H and O–H groups in total. The third kappa shape index (κ3) is 8.93. The molecule has 0 radical (unpaired) electrons. The van der Waals surface area contributed by atoms with Crippen molar-refractivity contribution in [3.8, 4) is 11.6 Å². The van der Waals surface area contributed by atoms with Crippen molar-refractivity contribution in [3.63, 3.8) is 0 Å². The van der Waals surface area contributed by atoms with Crippen molar-refractivity contribution in [1.82, 2.24) is 19.6 Å². The molecule has 13 nitrogen and oxygen atoms in total. The molecule has 3 heterocycles. The predicted molar refractivity (Wildman–Crippen MR) is 213 cm³/mol. The number of Topliss-reactive ketones (excluding diaryl/α,β-unsaturated/α-hetero) is 1. The Hall–Kier alpha value is -3.95. The molecule has 324 valence electrons. The minimum absolute atomic E-state index is 0.0657. The summed E-state index contributed by atoms with van der Waals surface area (Å²) in [4.78, 5) is 68.6. The summed E-state index contributed by atoms with van der Waals surface area (Å²) in [6.45, 7) is 8.84. The second kappa shape index (κ2) is 16.2. The van der Waals surface area contributed by atoms with E-state index in [0.717, 1.165) is 32.1 Å². The normalized spacial score (nSPS) is 30.9. The first-order valence-electron chi connectivity index (χ1n) is 21.2. The van der Waals surface area contributed by atoms with Gasteiger partial charge in [0.1, 0.15) is 23.7 Å². The molecule has 59 heavy (non-hydrogen) atoms. The van der Waals surface area contributed by atoms with Crippen molar-refractivity contribution >= 4 is 44.6 Å². The smallest absolute Gasteiger partial charge is 0.306 e. The fourth-order valence-electron chi connectivity index (χ4n) is 9.29. The SMILES string of the molecule is CC[C@@H]1[C@@H]2CN(C(=O)[C@H](C(C)(C)C)CC(=O)O[C@@H]3C[C@H]3CCCCCc3nc4ccc(OC)cc4nc3O2)[C@@H]1C(=O)C[C@]1(C(=O)NS(=O)(=O)C2(C)CC2)C[C@H]1CC(F)F. The van der Waals surface area contributed by atoms with Crippen LogP contribution in [0.5, 0.6) is 11.6 Å². The van der Waals surface area contributed by atoms with E-state index in [9.17, 15) is 36.4 Å². The van der Waals surface area contributed by atoms with E-state index in [1.165, 1.54) is 11.8 Å². The highest BCUT2D eigenvalue weighted by Gasteiger charge is 2.64. The molecule has 7 rings (SSSR count). The molecule has 3 aliphatic carbocycles. The highest BCUT2D eigenvalue weighted by molar-refractivity contribution is 7.91. The number of nitrogens with one attached hydrogen (secondary N) is 1. The summed E-state index contributed by atoms with van der Waals surface area (Å²) >= 11 is 0. The Morgan fingerprint density at radius 1 is 1.07 bits per heavy atom. The lowest BCUT2D eigenvalue weighted by Gasteiger charge is -2.35. The number of carbonyl (C=O) groups is 4. The fraction of sp³-hybridized carbons (Fsp3) is 0.721. The maximum absolute atomic E-state index is 15.0. The van der Waals surface area contributed by atoms with Gasteiger partial charge in [-0.05, 0) is 87.7 Å². The van der Waals surface area contributed by atoms with Crippen molar-refractivity contribution < 1.29 is 50.6 Å². The zero-order valence-electron chi connectivity index (χ0n) is 34.9. The third-order valence-corrected chi connectivity index (χ3v) is 15.8. The summed E-state index contributed by atoms with van der Waals surface area (Å²) in [5.74, 6) is -3.89. The van der Waals surface area contributed by atoms with Crippen LogP contribution < -0.4 is 14.2 Å². The standard InChI is InChI=1S/C43H58F2N4O9S/c1-7-27-34-23-49(37(27)32(50)22-43(21-25(43)18-35(44)45)40(53)48-59(54,55)42(5)15-16-42)39(52)28(41(2,3)4)20-36(51)57-33-17-24(33)11-9-8-10-12-30-38(58-34)47-31-19-26(56-6)13-14-29(31)46-30/h13-14,19,24-25,27-28,33-35,37H,7-12,15-18,20-23H2,1-6H3,(H,48,53)/t24-,25-,27-,28-,33-,34+,37+,43-/m1/s1. The van der Waals surface area contributed by atoms with Gasteiger partial charge in [-0.25, -0.2) is 27.2 Å². The molecule has 0 unspecified atom stereocenters. The summed E-state index contributed by atoms with van der Waals surface area (Å²) < 4.78 is 73.2. The largest absolute Gasteiger partial charge is 0.497 e. The molecule has 8 atom stereocenters. The quantitative estimate of drug-likeness (QED) is 0.265. The molecule has 1 saturated heterocycles. The van der Waals surface area contributed by atoms with Gasteiger partial charge < -0.3 is 19.1 Å². The number of alkyl halides is 2. The first-order chi connectivity index (χ1) is 27.8. The maximum Gasteiger partial charge on any atom is 0.306 e. The summed E-state index contributed by atoms with van der Waals surface area (Å²) in [6.07, 6.45) is 0.591. The first-order valence-corrected chi connectivity index (χ1v) is 22.7. The topological polar surface area (TPSA) is 171 Å². The lowest BCUT2D eigenvalue weighted by molar-refractivity contribution is -0.154. The van der Waals surface area contributed by atoms with Gasteiger partial charge in [0.2, 0.25) is 34.1 Å². The molecule has 1 aromatic heterocycles. The number of methoxy groups -OCH3 is 1. The van der Waals surface area contributed by atoms with Crippen LogP contribution in [0.15, 0.2) is 18.2 Å². The molecule has 2 bridgehead atoms. The molecule has 2 aromatic rings. The number of aryl methyl sites for hydroxylation is 1. The summed E-state index contributed by atoms with van der Waals surface area (Å²) in [5, 5.41) is 0. The van der Waals surface area contributed by atoms with Crippen LogP contribution in [0.2, 0.25) is 0 Å². The number of ether oxygens (including phenoxy) is 3. The molecular weight excluding hydrogens is 787 g/mol. The number of aromatic nitrogens is 2. The van der Waals surface area contributed by atoms with E-state index < -0.39 is 98.3 Å². The Morgan fingerprint density at radius 2 is 1.81 bits per heavy atom. The van der Waals surface area contributed by atoms with Gasteiger partial charge in [-0.15, -0.1) is 0 Å². The number of amides is 2. The van der Waals surface area contributed by atoms with Gasteiger partial charge in [-0.2, -0.15) is 0 Å². The van der Waals surface area contributed by atoms with Crippen LogP contribution in [-0.2, 0) is 40.4 Å². The zero-order valence-corrected chi connectivity index (χ0v) is 35.7. The number of nitrogens with zero attached hydrogens (tertiary/aromatic N) is 3. The lowest BCUT2D eigenvalue weighted by atomic mass is 9.77. The molecule has 0 spiro atoms. The van der Waals surface area contributed by atoms with Crippen molar-refractivity contribution in [2.24, 2.45) is 34.5 Å². The number of halogens is 2. The van der Waals surface area contributed by atoms with E-state index in [-0.39, 0.29) is 37.3 Å². The van der Waals surface area contributed by atoms with Gasteiger partial charge in [-0.1, -0.05) is 40.5 Å². The average molecular weight is 845 g/mol. The number of fused-ring (bicyclic) bond motifs is 5. The first kappa shape index (κ1) is 43.1. The molecule has 3 saturated carbocycles. The van der Waals surface area contributed by atoms with Gasteiger partial charge in [-0.3, -0.25) is 23.9 Å². The van der Waals surface area contributed by atoms with E-state index in [2.05, 4.69) is 4.72 Å². The molecular formula is C43H58F2N4O9S. The highest BCUT2D eigenvalue weighted by Crippen LogP contribution is 2.59. The second-order valence-electron chi connectivity index (χ2n) is 19.0.